The highest BCUT2D eigenvalue weighted by Gasteiger charge is 2.18. The summed E-state index contributed by atoms with van der Waals surface area (Å²) in [5, 5.41) is 8.09. The Labute approximate surface area is 154 Å². The Kier molecular flexibility index (Phi) is 3.57. The Morgan fingerprint density at radius 2 is 1.63 bits per heavy atom. The van der Waals surface area contributed by atoms with Crippen molar-refractivity contribution in [3.63, 3.8) is 0 Å². The summed E-state index contributed by atoms with van der Waals surface area (Å²) in [4.78, 5) is 18.0. The van der Waals surface area contributed by atoms with Gasteiger partial charge >= 0.3 is 0 Å². The third-order valence-electron chi connectivity index (χ3n) is 4.75. The number of aromatic amines is 1. The van der Waals surface area contributed by atoms with Crippen LogP contribution in [-0.4, -0.2) is 19.7 Å². The van der Waals surface area contributed by atoms with Gasteiger partial charge in [-0.2, -0.15) is 5.10 Å². The van der Waals surface area contributed by atoms with Crippen LogP contribution in [0.15, 0.2) is 83.8 Å². The monoisotopic (exact) mass is 352 g/mol. The van der Waals surface area contributed by atoms with Gasteiger partial charge in [-0.15, -0.1) is 0 Å². The molecule has 0 bridgehead atoms. The smallest absolute Gasteiger partial charge is 0.267 e. The zero-order valence-corrected chi connectivity index (χ0v) is 14.5. The van der Waals surface area contributed by atoms with Gasteiger partial charge in [0.15, 0.2) is 0 Å². The summed E-state index contributed by atoms with van der Waals surface area (Å²) in [5.41, 5.74) is 4.76. The minimum absolute atomic E-state index is 0.0867. The summed E-state index contributed by atoms with van der Waals surface area (Å²) in [6.45, 7) is 0. The molecule has 0 fully saturated rings. The fraction of sp³-hybridized carbons (Fsp3) is 0.0455. The van der Waals surface area contributed by atoms with Crippen LogP contribution in [0.5, 0.6) is 0 Å². The van der Waals surface area contributed by atoms with Crippen molar-refractivity contribution in [1.82, 2.24) is 19.7 Å². The first-order valence-electron chi connectivity index (χ1n) is 8.79. The Morgan fingerprint density at radius 3 is 2.41 bits per heavy atom. The van der Waals surface area contributed by atoms with Gasteiger partial charge in [0.25, 0.3) is 5.56 Å². The average molecular weight is 352 g/mol. The van der Waals surface area contributed by atoms with Gasteiger partial charge in [0.05, 0.1) is 22.1 Å². The van der Waals surface area contributed by atoms with Crippen LogP contribution in [0.3, 0.4) is 0 Å². The minimum Gasteiger partial charge on any atom is -0.275 e. The quantitative estimate of drug-likeness (QED) is 0.536. The average Bonchev–Trinajstić information content (AvgIpc) is 3.14. The van der Waals surface area contributed by atoms with E-state index in [-0.39, 0.29) is 5.56 Å². The van der Waals surface area contributed by atoms with Gasteiger partial charge in [0.1, 0.15) is 5.52 Å². The van der Waals surface area contributed by atoms with E-state index in [1.165, 1.54) is 0 Å². The highest BCUT2D eigenvalue weighted by molar-refractivity contribution is 6.02. The van der Waals surface area contributed by atoms with Gasteiger partial charge in [-0.25, -0.2) is 0 Å². The van der Waals surface area contributed by atoms with E-state index in [2.05, 4.69) is 15.2 Å². The van der Waals surface area contributed by atoms with Crippen molar-refractivity contribution in [3.05, 3.63) is 101 Å². The number of fused-ring (bicyclic) bond motifs is 3. The van der Waals surface area contributed by atoms with Gasteiger partial charge in [-0.3, -0.25) is 19.4 Å². The number of rotatable bonds is 3. The maximum atomic E-state index is 13.5. The number of pyridine rings is 2. The van der Waals surface area contributed by atoms with Crippen LogP contribution in [0.25, 0.3) is 27.6 Å². The lowest BCUT2D eigenvalue weighted by Crippen LogP contribution is -2.20. The fourth-order valence-corrected chi connectivity index (χ4v) is 3.52. The maximum Gasteiger partial charge on any atom is 0.267 e. The lowest BCUT2D eigenvalue weighted by molar-refractivity contribution is 1.01. The van der Waals surface area contributed by atoms with Gasteiger partial charge in [-0.1, -0.05) is 48.5 Å². The Bertz CT molecular complexity index is 1300. The van der Waals surface area contributed by atoms with Crippen molar-refractivity contribution in [3.8, 4) is 5.69 Å². The lowest BCUT2D eigenvalue weighted by atomic mass is 10.1. The lowest BCUT2D eigenvalue weighted by Gasteiger charge is -2.11. The number of nitrogens with one attached hydrogen (secondary N) is 1. The first kappa shape index (κ1) is 15.5. The molecule has 0 unspecified atom stereocenters. The molecule has 5 heteroatoms. The fourth-order valence-electron chi connectivity index (χ4n) is 3.52. The number of nitrogens with zero attached hydrogens (tertiary/aromatic N) is 3. The molecule has 27 heavy (non-hydrogen) atoms. The van der Waals surface area contributed by atoms with E-state index in [9.17, 15) is 4.79 Å². The van der Waals surface area contributed by atoms with Crippen LogP contribution in [0.1, 0.15) is 11.3 Å². The number of hydrogen-bond donors (Lipinski definition) is 1. The summed E-state index contributed by atoms with van der Waals surface area (Å²) < 4.78 is 1.72. The molecular formula is C22H16N4O. The van der Waals surface area contributed by atoms with Gasteiger partial charge in [0.2, 0.25) is 0 Å². The zero-order chi connectivity index (χ0) is 18.2. The molecule has 0 saturated carbocycles. The van der Waals surface area contributed by atoms with Crippen molar-refractivity contribution in [1.29, 1.82) is 0 Å². The van der Waals surface area contributed by atoms with Crippen LogP contribution in [-0.2, 0) is 6.42 Å². The van der Waals surface area contributed by atoms with Crippen molar-refractivity contribution in [2.45, 2.75) is 6.42 Å². The molecule has 0 aliphatic rings. The van der Waals surface area contributed by atoms with E-state index in [1.807, 2.05) is 72.8 Å². The first-order valence-corrected chi connectivity index (χ1v) is 8.79. The minimum atomic E-state index is -0.0867. The molecule has 5 nitrogen and oxygen atoms in total. The molecule has 0 aliphatic carbocycles. The molecular weight excluding hydrogens is 336 g/mol. The highest BCUT2D eigenvalue weighted by Crippen LogP contribution is 2.24. The number of hydrogen-bond acceptors (Lipinski definition) is 3. The zero-order valence-electron chi connectivity index (χ0n) is 14.5. The molecule has 0 saturated heterocycles. The third kappa shape index (κ3) is 2.52. The molecule has 0 atom stereocenters. The second-order valence-electron chi connectivity index (χ2n) is 6.43. The van der Waals surface area contributed by atoms with Crippen LogP contribution < -0.4 is 5.56 Å². The molecule has 5 rings (SSSR count). The van der Waals surface area contributed by atoms with Crippen LogP contribution in [0, 0.1) is 0 Å². The van der Waals surface area contributed by atoms with Crippen molar-refractivity contribution in [2.75, 3.05) is 0 Å². The van der Waals surface area contributed by atoms with Crippen molar-refractivity contribution < 1.29 is 0 Å². The molecule has 1 N–H and O–H groups in total. The molecule has 0 radical (unpaired) electrons. The summed E-state index contributed by atoms with van der Waals surface area (Å²) in [6.07, 6.45) is 2.32. The predicted octanol–water partition coefficient (Wildman–Crippen LogP) is 3.85. The second-order valence-corrected chi connectivity index (χ2v) is 6.43. The highest BCUT2D eigenvalue weighted by atomic mass is 16.1. The summed E-state index contributed by atoms with van der Waals surface area (Å²) in [7, 11) is 0. The second kappa shape index (κ2) is 6.21. The van der Waals surface area contributed by atoms with Crippen molar-refractivity contribution in [2.24, 2.45) is 0 Å². The molecule has 0 aliphatic heterocycles. The van der Waals surface area contributed by atoms with Crippen molar-refractivity contribution >= 4 is 21.9 Å². The summed E-state index contributed by atoms with van der Waals surface area (Å²) >= 11 is 0. The maximum absolute atomic E-state index is 13.5. The van der Waals surface area contributed by atoms with Gasteiger partial charge < -0.3 is 0 Å². The van der Waals surface area contributed by atoms with E-state index in [4.69, 9.17) is 0 Å². The summed E-state index contributed by atoms with van der Waals surface area (Å²) in [5.74, 6) is 0. The normalized spacial score (nSPS) is 11.3. The largest absolute Gasteiger partial charge is 0.275 e. The molecule has 3 aromatic heterocycles. The SMILES string of the molecule is O=c1c2c(Cc3ccccc3)n[nH]c2c2ncccc2n1-c1ccccc1. The van der Waals surface area contributed by atoms with E-state index in [0.29, 0.717) is 17.3 Å². The molecule has 2 aromatic carbocycles. The third-order valence-corrected chi connectivity index (χ3v) is 4.75. The molecule has 3 heterocycles. The Hall–Kier alpha value is -3.73. The molecule has 0 amide bonds. The van der Waals surface area contributed by atoms with E-state index in [1.54, 1.807) is 10.8 Å². The Balaban J connectivity index is 1.85. The number of para-hydroxylation sites is 1. The van der Waals surface area contributed by atoms with Gasteiger partial charge in [0, 0.05) is 18.3 Å². The van der Waals surface area contributed by atoms with Crippen LogP contribution in [0.2, 0.25) is 0 Å². The molecule has 130 valence electrons. The van der Waals surface area contributed by atoms with E-state index in [0.717, 1.165) is 28.0 Å². The summed E-state index contributed by atoms with van der Waals surface area (Å²) in [6, 6.07) is 23.4. The van der Waals surface area contributed by atoms with E-state index < -0.39 is 0 Å². The topological polar surface area (TPSA) is 63.6 Å². The van der Waals surface area contributed by atoms with Crippen LogP contribution in [0.4, 0.5) is 0 Å². The number of H-pyrrole nitrogens is 1. The number of aromatic nitrogens is 4. The van der Waals surface area contributed by atoms with Crippen LogP contribution >= 0.6 is 0 Å². The predicted molar refractivity (Wildman–Crippen MR) is 106 cm³/mol. The van der Waals surface area contributed by atoms with Gasteiger partial charge in [-0.05, 0) is 29.8 Å². The standard InChI is InChI=1S/C22H16N4O/c27-22-19-17(14-15-8-3-1-4-9-15)24-25-21(19)20-18(12-7-13-23-20)26(22)16-10-5-2-6-11-16/h1-13H,14H2,(H,24,25). The molecule has 5 aromatic rings. The first-order chi connectivity index (χ1) is 13.3. The number of benzene rings is 2. The molecule has 0 spiro atoms. The Morgan fingerprint density at radius 1 is 0.889 bits per heavy atom. The van der Waals surface area contributed by atoms with E-state index >= 15 is 0 Å².